The number of unbranched alkanes of at least 4 members (excludes halogenated alkanes) is 1. The average molecular weight is 409 g/mol. The first kappa shape index (κ1) is 21.9. The smallest absolute Gasteiger partial charge is 0.174 e. The molecule has 2 rings (SSSR count). The van der Waals surface area contributed by atoms with Gasteiger partial charge in [-0.2, -0.15) is 0 Å². The van der Waals surface area contributed by atoms with Crippen LogP contribution in [0.3, 0.4) is 0 Å². The van der Waals surface area contributed by atoms with Crippen LogP contribution in [0.1, 0.15) is 37.8 Å². The lowest BCUT2D eigenvalue weighted by Gasteiger charge is -2.19. The van der Waals surface area contributed by atoms with Gasteiger partial charge in [-0.15, -0.1) is 0 Å². The lowest BCUT2D eigenvalue weighted by Crippen LogP contribution is -2.06. The van der Waals surface area contributed by atoms with E-state index in [-0.39, 0.29) is 17.1 Å². The van der Waals surface area contributed by atoms with Crippen molar-refractivity contribution in [3.05, 3.63) is 53.6 Å². The Labute approximate surface area is 169 Å². The Kier molecular flexibility index (Phi) is 7.99. The number of nitrogens with one attached hydrogen (secondary N) is 2. The van der Waals surface area contributed by atoms with Crippen molar-refractivity contribution in [3.63, 3.8) is 0 Å². The summed E-state index contributed by atoms with van der Waals surface area (Å²) in [5, 5.41) is 13.1. The van der Waals surface area contributed by atoms with Crippen LogP contribution in [0.4, 0.5) is 20.2 Å². The maximum absolute atomic E-state index is 14.5. The lowest BCUT2D eigenvalue weighted by molar-refractivity contribution is 0.437. The van der Waals surface area contributed by atoms with Crippen molar-refractivity contribution in [1.29, 1.82) is 0 Å². The van der Waals surface area contributed by atoms with Crippen molar-refractivity contribution in [3.8, 4) is 11.5 Å². The zero-order valence-corrected chi connectivity index (χ0v) is 17.2. The highest BCUT2D eigenvalue weighted by Gasteiger charge is 2.18. The van der Waals surface area contributed by atoms with Gasteiger partial charge >= 0.3 is 0 Å². The molecule has 0 amide bonds. The number of rotatable bonds is 10. The number of hydrogen-bond donors (Lipinski definition) is 3. The summed E-state index contributed by atoms with van der Waals surface area (Å²) in [4.78, 5) is 0. The summed E-state index contributed by atoms with van der Waals surface area (Å²) >= 11 is 1.43. The molecule has 0 atom stereocenters. The fraction of sp³-hybridized carbons (Fsp3) is 0.333. The molecular formula is C21H26F2N2O2S. The number of halogens is 2. The minimum atomic E-state index is -0.746. The van der Waals surface area contributed by atoms with Crippen LogP contribution in [0.15, 0.2) is 30.8 Å². The van der Waals surface area contributed by atoms with Gasteiger partial charge in [0.1, 0.15) is 11.6 Å². The zero-order chi connectivity index (χ0) is 20.7. The SMILES string of the molecule is C=C(O)c1cc(NCCCC)c(Oc2ccc(F)c(C)c2F)c(NSCC)c1. The number of anilines is 2. The van der Waals surface area contributed by atoms with E-state index in [9.17, 15) is 13.9 Å². The number of ether oxygens (including phenoxy) is 1. The molecule has 0 saturated carbocycles. The van der Waals surface area contributed by atoms with E-state index >= 15 is 0 Å². The molecule has 28 heavy (non-hydrogen) atoms. The summed E-state index contributed by atoms with van der Waals surface area (Å²) < 4.78 is 37.2. The molecule has 2 aromatic carbocycles. The maximum Gasteiger partial charge on any atom is 0.174 e. The first-order valence-electron chi connectivity index (χ1n) is 9.19. The molecule has 0 spiro atoms. The Morgan fingerprint density at radius 1 is 1.21 bits per heavy atom. The number of aliphatic hydroxyl groups excluding tert-OH is 1. The second kappa shape index (κ2) is 10.2. The fourth-order valence-electron chi connectivity index (χ4n) is 2.49. The molecule has 0 aliphatic rings. The highest BCUT2D eigenvalue weighted by Crippen LogP contribution is 2.41. The number of aliphatic hydroxyl groups is 1. The first-order valence-corrected chi connectivity index (χ1v) is 10.2. The topological polar surface area (TPSA) is 53.5 Å². The van der Waals surface area contributed by atoms with Crippen LogP contribution in [-0.4, -0.2) is 17.4 Å². The molecular weight excluding hydrogens is 382 g/mol. The van der Waals surface area contributed by atoms with Crippen molar-refractivity contribution < 1.29 is 18.6 Å². The summed E-state index contributed by atoms with van der Waals surface area (Å²) in [5.74, 6) is -0.378. The Morgan fingerprint density at radius 2 is 1.93 bits per heavy atom. The molecule has 0 bridgehead atoms. The number of benzene rings is 2. The van der Waals surface area contributed by atoms with Crippen LogP contribution < -0.4 is 14.8 Å². The van der Waals surface area contributed by atoms with E-state index in [0.29, 0.717) is 29.2 Å². The van der Waals surface area contributed by atoms with Crippen molar-refractivity contribution in [2.24, 2.45) is 0 Å². The van der Waals surface area contributed by atoms with E-state index in [2.05, 4.69) is 23.5 Å². The third-order valence-electron chi connectivity index (χ3n) is 4.09. The Balaban J connectivity index is 2.53. The molecule has 0 heterocycles. The van der Waals surface area contributed by atoms with E-state index in [1.54, 1.807) is 12.1 Å². The third kappa shape index (κ3) is 5.32. The predicted octanol–water partition coefficient (Wildman–Crippen LogP) is 6.89. The Bertz CT molecular complexity index is 844. The molecule has 3 N–H and O–H groups in total. The van der Waals surface area contributed by atoms with Crippen LogP contribution in [0.2, 0.25) is 0 Å². The van der Waals surface area contributed by atoms with E-state index in [1.165, 1.54) is 31.0 Å². The molecule has 0 unspecified atom stereocenters. The van der Waals surface area contributed by atoms with Gasteiger partial charge in [0, 0.05) is 23.4 Å². The van der Waals surface area contributed by atoms with Gasteiger partial charge in [-0.05, 0) is 37.6 Å². The van der Waals surface area contributed by atoms with Crippen LogP contribution in [0.5, 0.6) is 11.5 Å². The van der Waals surface area contributed by atoms with E-state index in [0.717, 1.165) is 18.6 Å². The largest absolute Gasteiger partial charge is 0.508 e. The summed E-state index contributed by atoms with van der Waals surface area (Å²) in [7, 11) is 0. The van der Waals surface area contributed by atoms with E-state index in [1.807, 2.05) is 6.92 Å². The van der Waals surface area contributed by atoms with Crippen LogP contribution in [-0.2, 0) is 0 Å². The fourth-order valence-corrected chi connectivity index (χ4v) is 2.94. The van der Waals surface area contributed by atoms with E-state index < -0.39 is 11.6 Å². The summed E-state index contributed by atoms with van der Waals surface area (Å²) in [6, 6.07) is 5.82. The summed E-state index contributed by atoms with van der Waals surface area (Å²) in [6.07, 6.45) is 1.93. The molecule has 0 saturated heterocycles. The highest BCUT2D eigenvalue weighted by atomic mass is 32.2. The van der Waals surface area contributed by atoms with Gasteiger partial charge in [0.25, 0.3) is 0 Å². The normalized spacial score (nSPS) is 10.6. The molecule has 2 aromatic rings. The summed E-state index contributed by atoms with van der Waals surface area (Å²) in [6.45, 7) is 9.69. The molecule has 152 valence electrons. The predicted molar refractivity (Wildman–Crippen MR) is 114 cm³/mol. The zero-order valence-electron chi connectivity index (χ0n) is 16.4. The van der Waals surface area contributed by atoms with Crippen molar-refractivity contribution in [2.75, 3.05) is 22.3 Å². The van der Waals surface area contributed by atoms with Crippen molar-refractivity contribution in [1.82, 2.24) is 0 Å². The Hall–Kier alpha value is -2.41. The van der Waals surface area contributed by atoms with Crippen LogP contribution in [0.25, 0.3) is 5.76 Å². The second-order valence-electron chi connectivity index (χ2n) is 6.25. The molecule has 4 nitrogen and oxygen atoms in total. The maximum atomic E-state index is 14.5. The summed E-state index contributed by atoms with van der Waals surface area (Å²) in [5.41, 5.74) is 1.55. The van der Waals surface area contributed by atoms with Gasteiger partial charge in [-0.3, -0.25) is 0 Å². The van der Waals surface area contributed by atoms with Gasteiger partial charge in [0.2, 0.25) is 0 Å². The minimum absolute atomic E-state index is 0.0717. The van der Waals surface area contributed by atoms with E-state index in [4.69, 9.17) is 4.74 Å². The first-order chi connectivity index (χ1) is 13.4. The molecule has 7 heteroatoms. The molecule has 0 fully saturated rings. The van der Waals surface area contributed by atoms with Gasteiger partial charge < -0.3 is 19.9 Å². The lowest BCUT2D eigenvalue weighted by atomic mass is 10.1. The van der Waals surface area contributed by atoms with Gasteiger partial charge in [-0.1, -0.05) is 38.8 Å². The van der Waals surface area contributed by atoms with Gasteiger partial charge in [0.05, 0.1) is 11.4 Å². The average Bonchev–Trinajstić information content (AvgIpc) is 2.67. The quantitative estimate of drug-likeness (QED) is 0.227. The standard InChI is InChI=1S/C21H26F2N2O2S/c1-5-7-10-24-17-11-15(14(4)26)12-18(25-28-6-2)21(17)27-19-9-8-16(22)13(3)20(19)23/h8-9,11-12,24-26H,4-7,10H2,1-3H3. The molecule has 0 aromatic heterocycles. The molecule has 0 radical (unpaired) electrons. The van der Waals surface area contributed by atoms with Gasteiger partial charge in [-0.25, -0.2) is 8.78 Å². The highest BCUT2D eigenvalue weighted by molar-refractivity contribution is 8.00. The molecule has 0 aliphatic heterocycles. The number of hydrogen-bond acceptors (Lipinski definition) is 5. The van der Waals surface area contributed by atoms with Crippen molar-refractivity contribution >= 4 is 29.1 Å². The van der Waals surface area contributed by atoms with Gasteiger partial charge in [0.15, 0.2) is 17.3 Å². The van der Waals surface area contributed by atoms with Crippen molar-refractivity contribution in [2.45, 2.75) is 33.6 Å². The monoisotopic (exact) mass is 408 g/mol. The second-order valence-corrected chi connectivity index (χ2v) is 7.32. The van der Waals surface area contributed by atoms with Crippen LogP contribution >= 0.6 is 11.9 Å². The third-order valence-corrected chi connectivity index (χ3v) is 4.74. The Morgan fingerprint density at radius 3 is 2.57 bits per heavy atom. The molecule has 0 aliphatic carbocycles. The van der Waals surface area contributed by atoms with Crippen LogP contribution in [0, 0.1) is 18.6 Å². The minimum Gasteiger partial charge on any atom is -0.508 e.